The summed E-state index contributed by atoms with van der Waals surface area (Å²) in [7, 11) is 6.26. The van der Waals surface area contributed by atoms with Crippen LogP contribution in [0.25, 0.3) is 0 Å². The Bertz CT molecular complexity index is 1490. The molecule has 256 valence electrons. The van der Waals surface area contributed by atoms with Crippen LogP contribution >= 0.6 is 35.0 Å². The van der Waals surface area contributed by atoms with Gasteiger partial charge >= 0.3 is 6.03 Å². The molecule has 1 heterocycles. The number of halogens is 2. The lowest BCUT2D eigenvalue weighted by atomic mass is 10.0. The summed E-state index contributed by atoms with van der Waals surface area (Å²) >= 11 is 13.8. The van der Waals surface area contributed by atoms with E-state index in [9.17, 15) is 10.0 Å². The summed E-state index contributed by atoms with van der Waals surface area (Å²) in [5, 5.41) is 14.9. The Kier molecular flexibility index (Phi) is 13.9. The third-order valence-electron chi connectivity index (χ3n) is 7.69. The molecule has 3 aromatic rings. The van der Waals surface area contributed by atoms with Crippen LogP contribution < -0.4 is 29.0 Å². The number of rotatable bonds is 16. The molecule has 0 aromatic heterocycles. The lowest BCUT2D eigenvalue weighted by molar-refractivity contribution is -0.0381. The summed E-state index contributed by atoms with van der Waals surface area (Å²) in [4.78, 5) is 14.0. The molecule has 10 nitrogen and oxygen atoms in total. The van der Waals surface area contributed by atoms with Gasteiger partial charge in [0.2, 0.25) is 5.75 Å². The number of amides is 2. The van der Waals surface area contributed by atoms with Crippen LogP contribution in [0.2, 0.25) is 10.0 Å². The summed E-state index contributed by atoms with van der Waals surface area (Å²) in [6.07, 6.45) is 3.44. The van der Waals surface area contributed by atoms with Gasteiger partial charge in [0.15, 0.2) is 23.0 Å². The van der Waals surface area contributed by atoms with Crippen LogP contribution in [0.1, 0.15) is 62.4 Å². The van der Waals surface area contributed by atoms with E-state index in [-0.39, 0.29) is 18.8 Å². The normalized spacial score (nSPS) is 15.7. The Hall–Kier alpha value is -3.22. The van der Waals surface area contributed by atoms with E-state index < -0.39 is 6.03 Å². The first-order valence-corrected chi connectivity index (χ1v) is 17.1. The van der Waals surface area contributed by atoms with Crippen molar-refractivity contribution in [3.8, 4) is 28.7 Å². The van der Waals surface area contributed by atoms with Crippen LogP contribution in [0.4, 0.5) is 10.5 Å². The Labute approximate surface area is 290 Å². The highest BCUT2D eigenvalue weighted by molar-refractivity contribution is 7.99. The molecule has 0 saturated carbocycles. The van der Waals surface area contributed by atoms with E-state index in [1.54, 1.807) is 52.3 Å². The average molecular weight is 710 g/mol. The van der Waals surface area contributed by atoms with Gasteiger partial charge in [-0.15, -0.1) is 11.8 Å². The Morgan fingerprint density at radius 3 is 2.09 bits per heavy atom. The fraction of sp³-hybridized carbons (Fsp3) is 0.441. The monoisotopic (exact) mass is 708 g/mol. The average Bonchev–Trinajstić information content (AvgIpc) is 3.58. The van der Waals surface area contributed by atoms with E-state index >= 15 is 0 Å². The van der Waals surface area contributed by atoms with Crippen LogP contribution in [-0.2, 0) is 4.74 Å². The number of anilines is 1. The van der Waals surface area contributed by atoms with Crippen molar-refractivity contribution in [2.45, 2.75) is 56.1 Å². The van der Waals surface area contributed by atoms with Crippen molar-refractivity contribution < 1.29 is 38.4 Å². The zero-order chi connectivity index (χ0) is 33.9. The van der Waals surface area contributed by atoms with Crippen molar-refractivity contribution in [3.05, 3.63) is 63.6 Å². The zero-order valence-corrected chi connectivity index (χ0v) is 29.6. The third-order valence-corrected chi connectivity index (χ3v) is 9.38. The molecular formula is C34H42Cl2N2O8S. The van der Waals surface area contributed by atoms with E-state index in [1.165, 1.54) is 0 Å². The number of hydroxylamine groups is 2. The number of methoxy groups -OCH3 is 4. The number of ether oxygens (including phenoxy) is 6. The van der Waals surface area contributed by atoms with Gasteiger partial charge in [0.05, 0.1) is 69.5 Å². The molecule has 2 atom stereocenters. The second-order valence-electron chi connectivity index (χ2n) is 10.8. The fourth-order valence-electron chi connectivity index (χ4n) is 5.28. The molecule has 2 N–H and O–H groups in total. The minimum Gasteiger partial charge on any atom is -0.493 e. The number of benzene rings is 3. The van der Waals surface area contributed by atoms with Gasteiger partial charge in [0.25, 0.3) is 0 Å². The summed E-state index contributed by atoms with van der Waals surface area (Å²) < 4.78 is 35.1. The molecule has 1 aliphatic heterocycles. The number of urea groups is 1. The molecule has 0 aliphatic carbocycles. The first-order chi connectivity index (χ1) is 22.7. The maximum atomic E-state index is 13.1. The Morgan fingerprint density at radius 2 is 1.51 bits per heavy atom. The van der Waals surface area contributed by atoms with Crippen LogP contribution in [0, 0.1) is 0 Å². The molecule has 2 amide bonds. The van der Waals surface area contributed by atoms with E-state index in [1.807, 2.05) is 30.3 Å². The predicted molar refractivity (Wildman–Crippen MR) is 185 cm³/mol. The largest absolute Gasteiger partial charge is 0.493 e. The lowest BCUT2D eigenvalue weighted by Crippen LogP contribution is -2.33. The van der Waals surface area contributed by atoms with E-state index in [0.717, 1.165) is 35.3 Å². The highest BCUT2D eigenvalue weighted by Crippen LogP contribution is 2.48. The van der Waals surface area contributed by atoms with Crippen molar-refractivity contribution in [3.63, 3.8) is 0 Å². The second-order valence-corrected chi connectivity index (χ2v) is 12.8. The number of nitrogens with zero attached hydrogens (tertiary/aromatic N) is 1. The molecule has 1 aliphatic rings. The fourth-order valence-corrected chi connectivity index (χ4v) is 6.41. The Morgan fingerprint density at radius 1 is 0.894 bits per heavy atom. The van der Waals surface area contributed by atoms with Crippen molar-refractivity contribution in [2.75, 3.05) is 52.7 Å². The number of carbonyl (C=O) groups excluding carboxylic acids is 1. The molecular weight excluding hydrogens is 667 g/mol. The molecule has 0 spiro atoms. The van der Waals surface area contributed by atoms with Crippen LogP contribution in [0.3, 0.4) is 0 Å². The van der Waals surface area contributed by atoms with Gasteiger partial charge in [0.1, 0.15) is 0 Å². The highest BCUT2D eigenvalue weighted by Gasteiger charge is 2.31. The van der Waals surface area contributed by atoms with Gasteiger partial charge in [-0.3, -0.25) is 5.21 Å². The topological polar surface area (TPSA) is 108 Å². The lowest BCUT2D eigenvalue weighted by Gasteiger charge is -2.22. The van der Waals surface area contributed by atoms with E-state index in [4.69, 9.17) is 51.6 Å². The molecule has 0 bridgehead atoms. The first kappa shape index (κ1) is 36.6. The van der Waals surface area contributed by atoms with Crippen LogP contribution in [0.5, 0.6) is 28.7 Å². The van der Waals surface area contributed by atoms with Crippen molar-refractivity contribution in [1.29, 1.82) is 0 Å². The SMILES string of the molecule is CCCCCN(O)C(=O)Nc1cc(C2CCC(c3cc(OC)c(OC)c(OC)c3)O2)cc(OC)c1OCCSc1ccc(Cl)c(Cl)c1. The van der Waals surface area contributed by atoms with Gasteiger partial charge in [-0.25, -0.2) is 9.86 Å². The molecule has 47 heavy (non-hydrogen) atoms. The van der Waals surface area contributed by atoms with Crippen molar-refractivity contribution >= 4 is 46.7 Å². The summed E-state index contributed by atoms with van der Waals surface area (Å²) in [5.41, 5.74) is 2.04. The van der Waals surface area contributed by atoms with Crippen LogP contribution in [0.15, 0.2) is 47.4 Å². The maximum Gasteiger partial charge on any atom is 0.345 e. The van der Waals surface area contributed by atoms with E-state index in [0.29, 0.717) is 74.7 Å². The van der Waals surface area contributed by atoms with Crippen LogP contribution in [-0.4, -0.2) is 63.6 Å². The molecule has 4 rings (SSSR count). The van der Waals surface area contributed by atoms with Gasteiger partial charge in [-0.05, 0) is 72.9 Å². The molecule has 2 unspecified atom stereocenters. The quantitative estimate of drug-likeness (QED) is 0.0652. The zero-order valence-electron chi connectivity index (χ0n) is 27.3. The number of hydrogen-bond donors (Lipinski definition) is 2. The third kappa shape index (κ3) is 9.45. The first-order valence-electron chi connectivity index (χ1n) is 15.4. The number of carbonyl (C=O) groups is 1. The maximum absolute atomic E-state index is 13.1. The minimum absolute atomic E-state index is 0.204. The number of thioether (sulfide) groups is 1. The van der Waals surface area contributed by atoms with Gasteiger partial charge in [-0.1, -0.05) is 43.0 Å². The number of unbranched alkanes of at least 4 members (excludes halogenated alkanes) is 2. The molecule has 1 saturated heterocycles. The molecule has 13 heteroatoms. The molecule has 3 aromatic carbocycles. The predicted octanol–water partition coefficient (Wildman–Crippen LogP) is 9.21. The van der Waals surface area contributed by atoms with Gasteiger partial charge in [-0.2, -0.15) is 0 Å². The smallest absolute Gasteiger partial charge is 0.345 e. The Balaban J connectivity index is 1.56. The standard InChI is InChI=1S/C34H42Cl2N2O8S/c1-6-7-8-13-38(40)34(39)37-26-16-21(17-29(41-2)32(26)45-14-15-47-23-9-10-24(35)25(36)20-23)27-11-12-28(46-27)22-18-30(42-3)33(44-5)31(19-22)43-4/h9-10,16-20,27-28,40H,6-8,11-15H2,1-5H3,(H,37,39). The molecule has 0 radical (unpaired) electrons. The minimum atomic E-state index is -0.669. The van der Waals surface area contributed by atoms with Crippen molar-refractivity contribution in [2.24, 2.45) is 0 Å². The molecule has 1 fully saturated rings. The number of hydrogen-bond acceptors (Lipinski definition) is 9. The van der Waals surface area contributed by atoms with E-state index in [2.05, 4.69) is 12.2 Å². The summed E-state index contributed by atoms with van der Waals surface area (Å²) in [6, 6.07) is 12.2. The second kappa shape index (κ2) is 17.8. The highest BCUT2D eigenvalue weighted by atomic mass is 35.5. The summed E-state index contributed by atoms with van der Waals surface area (Å²) in [6.45, 7) is 2.56. The van der Waals surface area contributed by atoms with Gasteiger partial charge < -0.3 is 33.7 Å². The summed E-state index contributed by atoms with van der Waals surface area (Å²) in [5.74, 6) is 2.96. The van der Waals surface area contributed by atoms with Gasteiger partial charge in [0, 0.05) is 10.6 Å². The van der Waals surface area contributed by atoms with Crippen molar-refractivity contribution in [1.82, 2.24) is 5.06 Å². The number of nitrogens with one attached hydrogen (secondary N) is 1.